The molecule has 2 aromatic heterocycles. The number of hydrogen-bond donors (Lipinski definition) is 0. The van der Waals surface area contributed by atoms with Crippen molar-refractivity contribution in [2.75, 3.05) is 18.6 Å². The number of carbonyl (C=O) groups is 1. The molecule has 1 aliphatic heterocycles. The number of methoxy groups -OCH3 is 1. The maximum Gasteiger partial charge on any atom is 0.254 e. The Labute approximate surface area is 258 Å². The van der Waals surface area contributed by atoms with Gasteiger partial charge in [0.1, 0.15) is 23.2 Å². The van der Waals surface area contributed by atoms with E-state index in [2.05, 4.69) is 46.4 Å². The van der Waals surface area contributed by atoms with Crippen molar-refractivity contribution in [1.82, 2.24) is 24.9 Å². The van der Waals surface area contributed by atoms with Gasteiger partial charge in [-0.1, -0.05) is 72.8 Å². The van der Waals surface area contributed by atoms with E-state index in [1.807, 2.05) is 76.4 Å². The minimum atomic E-state index is -0.333. The van der Waals surface area contributed by atoms with Crippen molar-refractivity contribution in [2.24, 2.45) is 0 Å². The number of oxazole rings is 1. The summed E-state index contributed by atoms with van der Waals surface area (Å²) < 4.78 is 14.0. The van der Waals surface area contributed by atoms with Gasteiger partial charge in [-0.15, -0.1) is 5.10 Å². The minimum Gasteiger partial charge on any atom is -0.497 e. The van der Waals surface area contributed by atoms with Gasteiger partial charge < -0.3 is 19.0 Å². The summed E-state index contributed by atoms with van der Waals surface area (Å²) in [4.78, 5) is 23.3. The molecule has 1 amide bonds. The Bertz CT molecular complexity index is 1650. The first kappa shape index (κ1) is 29.2. The molecule has 3 aromatic carbocycles. The fourth-order valence-electron chi connectivity index (χ4n) is 5.76. The molecule has 44 heavy (non-hydrogen) atoms. The third kappa shape index (κ3) is 6.67. The first-order valence-corrected chi connectivity index (χ1v) is 15.3. The van der Waals surface area contributed by atoms with Crippen LogP contribution in [0.25, 0.3) is 0 Å². The Morgan fingerprint density at radius 2 is 1.64 bits per heavy atom. The van der Waals surface area contributed by atoms with Crippen LogP contribution in [-0.4, -0.2) is 44.4 Å². The van der Waals surface area contributed by atoms with Crippen LogP contribution in [0.5, 0.6) is 5.75 Å². The number of anilines is 1. The Kier molecular flexibility index (Phi) is 9.01. The quantitative estimate of drug-likeness (QED) is 0.215. The number of benzene rings is 3. The van der Waals surface area contributed by atoms with Gasteiger partial charge in [0.15, 0.2) is 0 Å². The van der Waals surface area contributed by atoms with Gasteiger partial charge in [-0.05, 0) is 54.7 Å². The summed E-state index contributed by atoms with van der Waals surface area (Å²) in [6, 6.07) is 27.6. The summed E-state index contributed by atoms with van der Waals surface area (Å²) in [5.74, 6) is 1.90. The zero-order valence-electron chi connectivity index (χ0n) is 25.3. The lowest BCUT2D eigenvalue weighted by molar-refractivity contribution is 0.0635. The predicted octanol–water partition coefficient (Wildman–Crippen LogP) is 6.46. The van der Waals surface area contributed by atoms with Crippen LogP contribution in [-0.2, 0) is 26.1 Å². The van der Waals surface area contributed by atoms with Crippen LogP contribution in [0.1, 0.15) is 71.0 Å². The Balaban J connectivity index is 1.44. The standard InChI is InChI=1S/C35H38N6O3/c1-3-32-33-36-31(22-26-12-6-4-7-13-26)35(44-33)39(23-27-14-8-5-9-15-27)24-29-25-40(38-37-29)20-10-11-21-41(32)34(42)28-16-18-30(43-2)19-17-28/h4-9,12-19,25,32H,3,10-11,20-24H2,1-2H3. The van der Waals surface area contributed by atoms with Crippen molar-refractivity contribution >= 4 is 11.8 Å². The summed E-state index contributed by atoms with van der Waals surface area (Å²) in [6.45, 7) is 4.49. The van der Waals surface area contributed by atoms with E-state index in [0.717, 1.165) is 41.9 Å². The molecule has 0 radical (unpaired) electrons. The molecule has 1 atom stereocenters. The molecule has 0 saturated carbocycles. The van der Waals surface area contributed by atoms with Crippen molar-refractivity contribution in [3.63, 3.8) is 0 Å². The highest BCUT2D eigenvalue weighted by Gasteiger charge is 2.31. The van der Waals surface area contributed by atoms with Gasteiger partial charge in [-0.2, -0.15) is 0 Å². The fraction of sp³-hybridized carbons (Fsp3) is 0.314. The molecule has 9 nitrogen and oxygen atoms in total. The molecule has 226 valence electrons. The van der Waals surface area contributed by atoms with Gasteiger partial charge in [0.05, 0.1) is 19.9 Å². The predicted molar refractivity (Wildman–Crippen MR) is 168 cm³/mol. The number of aryl methyl sites for hydroxylation is 1. The molecule has 0 spiro atoms. The number of amides is 1. The van der Waals surface area contributed by atoms with Gasteiger partial charge in [0.2, 0.25) is 11.8 Å². The van der Waals surface area contributed by atoms with E-state index in [4.69, 9.17) is 14.1 Å². The molecular weight excluding hydrogens is 552 g/mol. The van der Waals surface area contributed by atoms with E-state index in [1.54, 1.807) is 7.11 Å². The lowest BCUT2D eigenvalue weighted by Crippen LogP contribution is -2.36. The summed E-state index contributed by atoms with van der Waals surface area (Å²) in [5.41, 5.74) is 4.59. The average Bonchev–Trinajstić information content (AvgIpc) is 3.69. The number of ether oxygens (including phenoxy) is 1. The molecule has 3 heterocycles. The Morgan fingerprint density at radius 1 is 0.932 bits per heavy atom. The van der Waals surface area contributed by atoms with Gasteiger partial charge in [-0.25, -0.2) is 4.98 Å². The van der Waals surface area contributed by atoms with Gasteiger partial charge in [0, 0.05) is 31.6 Å². The second-order valence-corrected chi connectivity index (χ2v) is 11.1. The lowest BCUT2D eigenvalue weighted by atomic mass is 10.1. The number of rotatable bonds is 7. The first-order chi connectivity index (χ1) is 21.6. The summed E-state index contributed by atoms with van der Waals surface area (Å²) in [6.07, 6.45) is 4.93. The summed E-state index contributed by atoms with van der Waals surface area (Å²) >= 11 is 0. The van der Waals surface area contributed by atoms with E-state index in [9.17, 15) is 4.79 Å². The number of hydrogen-bond acceptors (Lipinski definition) is 7. The van der Waals surface area contributed by atoms with Crippen LogP contribution >= 0.6 is 0 Å². The smallest absolute Gasteiger partial charge is 0.254 e. The van der Waals surface area contributed by atoms with Crippen molar-refractivity contribution < 1.29 is 13.9 Å². The molecule has 5 aromatic rings. The van der Waals surface area contributed by atoms with E-state index in [1.165, 1.54) is 0 Å². The van der Waals surface area contributed by atoms with Gasteiger partial charge in [0.25, 0.3) is 5.91 Å². The second-order valence-electron chi connectivity index (χ2n) is 11.1. The largest absolute Gasteiger partial charge is 0.497 e. The van der Waals surface area contributed by atoms with Crippen LogP contribution < -0.4 is 9.64 Å². The van der Waals surface area contributed by atoms with Crippen molar-refractivity contribution in [3.05, 3.63) is 125 Å². The highest BCUT2D eigenvalue weighted by atomic mass is 16.5. The molecule has 1 aliphatic rings. The highest BCUT2D eigenvalue weighted by Crippen LogP contribution is 2.34. The van der Waals surface area contributed by atoms with Crippen molar-refractivity contribution in [1.29, 1.82) is 0 Å². The monoisotopic (exact) mass is 590 g/mol. The van der Waals surface area contributed by atoms with E-state index < -0.39 is 0 Å². The second kappa shape index (κ2) is 13.6. The van der Waals surface area contributed by atoms with Crippen LogP contribution in [0, 0.1) is 0 Å². The molecular formula is C35H38N6O3. The van der Waals surface area contributed by atoms with Crippen molar-refractivity contribution in [3.8, 4) is 5.75 Å². The van der Waals surface area contributed by atoms with Crippen molar-refractivity contribution in [2.45, 2.75) is 58.3 Å². The molecule has 0 N–H and O–H groups in total. The first-order valence-electron chi connectivity index (χ1n) is 15.3. The molecule has 0 aliphatic carbocycles. The molecule has 4 bridgehead atoms. The number of nitrogens with zero attached hydrogens (tertiary/aromatic N) is 6. The fourth-order valence-corrected chi connectivity index (χ4v) is 5.76. The number of carbonyl (C=O) groups excluding carboxylic acids is 1. The number of aromatic nitrogens is 4. The topological polar surface area (TPSA) is 89.5 Å². The highest BCUT2D eigenvalue weighted by molar-refractivity contribution is 5.94. The van der Waals surface area contributed by atoms with Crippen LogP contribution in [0.3, 0.4) is 0 Å². The van der Waals surface area contributed by atoms with E-state index in [-0.39, 0.29) is 11.9 Å². The summed E-state index contributed by atoms with van der Waals surface area (Å²) in [7, 11) is 1.62. The third-order valence-electron chi connectivity index (χ3n) is 8.03. The Morgan fingerprint density at radius 3 is 2.34 bits per heavy atom. The average molecular weight is 591 g/mol. The van der Waals surface area contributed by atoms with E-state index >= 15 is 0 Å². The molecule has 0 fully saturated rings. The lowest BCUT2D eigenvalue weighted by Gasteiger charge is -2.29. The molecule has 6 rings (SSSR count). The maximum absolute atomic E-state index is 14.1. The van der Waals surface area contributed by atoms with Crippen LogP contribution in [0.15, 0.2) is 95.5 Å². The van der Waals surface area contributed by atoms with Crippen LogP contribution in [0.2, 0.25) is 0 Å². The zero-order chi connectivity index (χ0) is 30.3. The Hall–Kier alpha value is -4.92. The third-order valence-corrected chi connectivity index (χ3v) is 8.03. The zero-order valence-corrected chi connectivity index (χ0v) is 25.3. The normalized spacial score (nSPS) is 15.5. The SMILES string of the molecule is CCC1c2nc(Cc3ccccc3)c(o2)N(Cc2ccccc2)Cc2cn(nn2)CCCCN1C(=O)c1ccc(OC)cc1. The minimum absolute atomic E-state index is 0.0554. The van der Waals surface area contributed by atoms with Crippen LogP contribution in [0.4, 0.5) is 5.88 Å². The molecule has 1 unspecified atom stereocenters. The van der Waals surface area contributed by atoms with Gasteiger partial charge >= 0.3 is 0 Å². The maximum atomic E-state index is 14.1. The van der Waals surface area contributed by atoms with Gasteiger partial charge in [-0.3, -0.25) is 9.48 Å². The number of fused-ring (bicyclic) bond motifs is 4. The molecule has 9 heteroatoms. The molecule has 0 saturated heterocycles. The summed E-state index contributed by atoms with van der Waals surface area (Å²) in [5, 5.41) is 8.91. The van der Waals surface area contributed by atoms with E-state index in [0.29, 0.717) is 55.6 Å².